The van der Waals surface area contributed by atoms with Crippen LogP contribution >= 0.6 is 0 Å². The normalized spacial score (nSPS) is 16.4. The second-order valence-corrected chi connectivity index (χ2v) is 6.97. The third-order valence-corrected chi connectivity index (χ3v) is 4.73. The summed E-state index contributed by atoms with van der Waals surface area (Å²) in [5, 5.41) is 8.29. The molecule has 0 atom stereocenters. The van der Waals surface area contributed by atoms with Crippen molar-refractivity contribution in [3.63, 3.8) is 0 Å². The second kappa shape index (κ2) is 7.87. The SMILES string of the molecule is COc1cccc(CN2CCC(c3nncn3C)CC2)c1OC(C)C. The quantitative estimate of drug-likeness (QED) is 0.806. The number of rotatable bonds is 6. The van der Waals surface area contributed by atoms with Gasteiger partial charge in [-0.2, -0.15) is 0 Å². The molecule has 0 radical (unpaired) electrons. The van der Waals surface area contributed by atoms with Crippen molar-refractivity contribution in [1.82, 2.24) is 19.7 Å². The number of methoxy groups -OCH3 is 1. The minimum absolute atomic E-state index is 0.122. The van der Waals surface area contributed by atoms with Crippen LogP contribution in [0, 0.1) is 0 Å². The maximum absolute atomic E-state index is 6.03. The molecule has 2 aromatic rings. The molecule has 1 aromatic heterocycles. The summed E-state index contributed by atoms with van der Waals surface area (Å²) in [6.07, 6.45) is 4.12. The summed E-state index contributed by atoms with van der Waals surface area (Å²) >= 11 is 0. The first-order valence-electron chi connectivity index (χ1n) is 8.97. The lowest BCUT2D eigenvalue weighted by Gasteiger charge is -2.32. The van der Waals surface area contributed by atoms with Gasteiger partial charge in [0, 0.05) is 25.1 Å². The molecule has 1 aromatic carbocycles. The predicted molar refractivity (Wildman–Crippen MR) is 97.0 cm³/mol. The number of para-hydroxylation sites is 1. The highest BCUT2D eigenvalue weighted by Gasteiger charge is 2.25. The number of aryl methyl sites for hydroxylation is 1. The number of piperidine rings is 1. The Labute approximate surface area is 149 Å². The van der Waals surface area contributed by atoms with Crippen LogP contribution < -0.4 is 9.47 Å². The van der Waals surface area contributed by atoms with Crippen LogP contribution in [-0.2, 0) is 13.6 Å². The van der Waals surface area contributed by atoms with Crippen LogP contribution in [0.4, 0.5) is 0 Å². The van der Waals surface area contributed by atoms with Gasteiger partial charge in [0.2, 0.25) is 0 Å². The molecule has 6 nitrogen and oxygen atoms in total. The third-order valence-electron chi connectivity index (χ3n) is 4.73. The van der Waals surface area contributed by atoms with Crippen LogP contribution in [0.3, 0.4) is 0 Å². The van der Waals surface area contributed by atoms with E-state index in [-0.39, 0.29) is 6.10 Å². The Hall–Kier alpha value is -2.08. The van der Waals surface area contributed by atoms with Crippen molar-refractivity contribution in [2.45, 2.75) is 45.3 Å². The smallest absolute Gasteiger partial charge is 0.166 e. The molecule has 0 saturated carbocycles. The van der Waals surface area contributed by atoms with E-state index in [2.05, 4.69) is 21.2 Å². The van der Waals surface area contributed by atoms with Gasteiger partial charge in [0.1, 0.15) is 12.2 Å². The minimum atomic E-state index is 0.122. The van der Waals surface area contributed by atoms with E-state index in [0.29, 0.717) is 5.92 Å². The lowest BCUT2D eigenvalue weighted by atomic mass is 9.95. The first-order chi connectivity index (χ1) is 12.1. The molecule has 0 unspecified atom stereocenters. The molecule has 3 rings (SSSR count). The zero-order valence-electron chi connectivity index (χ0n) is 15.6. The molecule has 0 spiro atoms. The lowest BCUT2D eigenvalue weighted by molar-refractivity contribution is 0.189. The summed E-state index contributed by atoms with van der Waals surface area (Å²) < 4.78 is 13.6. The molecule has 0 amide bonds. The minimum Gasteiger partial charge on any atom is -0.493 e. The number of ether oxygens (including phenoxy) is 2. The maximum atomic E-state index is 6.03. The fourth-order valence-electron chi connectivity index (χ4n) is 3.47. The number of nitrogens with zero attached hydrogens (tertiary/aromatic N) is 4. The molecule has 136 valence electrons. The van der Waals surface area contributed by atoms with E-state index >= 15 is 0 Å². The Morgan fingerprint density at radius 3 is 2.60 bits per heavy atom. The van der Waals surface area contributed by atoms with Gasteiger partial charge in [-0.3, -0.25) is 4.90 Å². The molecule has 0 N–H and O–H groups in total. The van der Waals surface area contributed by atoms with E-state index in [4.69, 9.17) is 9.47 Å². The van der Waals surface area contributed by atoms with E-state index < -0.39 is 0 Å². The molecule has 0 aliphatic carbocycles. The van der Waals surface area contributed by atoms with Gasteiger partial charge in [0.05, 0.1) is 13.2 Å². The zero-order chi connectivity index (χ0) is 17.8. The van der Waals surface area contributed by atoms with Crippen LogP contribution in [0.25, 0.3) is 0 Å². The predicted octanol–water partition coefficient (Wildman–Crippen LogP) is 2.99. The molecule has 1 aliphatic heterocycles. The van der Waals surface area contributed by atoms with Gasteiger partial charge in [-0.1, -0.05) is 12.1 Å². The van der Waals surface area contributed by atoms with E-state index in [0.717, 1.165) is 49.8 Å². The van der Waals surface area contributed by atoms with Gasteiger partial charge in [-0.05, 0) is 45.8 Å². The van der Waals surface area contributed by atoms with E-state index in [1.165, 1.54) is 5.56 Å². The van der Waals surface area contributed by atoms with Crippen molar-refractivity contribution < 1.29 is 9.47 Å². The van der Waals surface area contributed by atoms with Crippen molar-refractivity contribution in [2.75, 3.05) is 20.2 Å². The van der Waals surface area contributed by atoms with Crippen molar-refractivity contribution in [2.24, 2.45) is 7.05 Å². The van der Waals surface area contributed by atoms with Gasteiger partial charge in [0.25, 0.3) is 0 Å². The topological polar surface area (TPSA) is 52.4 Å². The van der Waals surface area contributed by atoms with Crippen LogP contribution in [0.2, 0.25) is 0 Å². The van der Waals surface area contributed by atoms with E-state index in [9.17, 15) is 0 Å². The highest BCUT2D eigenvalue weighted by molar-refractivity contribution is 5.46. The van der Waals surface area contributed by atoms with Gasteiger partial charge in [0.15, 0.2) is 11.5 Å². The first-order valence-corrected chi connectivity index (χ1v) is 8.97. The summed E-state index contributed by atoms with van der Waals surface area (Å²) in [7, 11) is 3.71. The molecular formula is C19H28N4O2. The summed E-state index contributed by atoms with van der Waals surface area (Å²) in [6, 6.07) is 6.13. The monoisotopic (exact) mass is 344 g/mol. The van der Waals surface area contributed by atoms with Crippen molar-refractivity contribution in [1.29, 1.82) is 0 Å². The molecular weight excluding hydrogens is 316 g/mol. The second-order valence-electron chi connectivity index (χ2n) is 6.97. The number of likely N-dealkylation sites (tertiary alicyclic amines) is 1. The molecule has 0 bridgehead atoms. The summed E-state index contributed by atoms with van der Waals surface area (Å²) in [5.41, 5.74) is 1.19. The number of aromatic nitrogens is 3. The van der Waals surface area contributed by atoms with Gasteiger partial charge >= 0.3 is 0 Å². The van der Waals surface area contributed by atoms with E-state index in [1.54, 1.807) is 13.4 Å². The Balaban J connectivity index is 1.67. The summed E-state index contributed by atoms with van der Waals surface area (Å²) in [5.74, 6) is 3.28. The van der Waals surface area contributed by atoms with Gasteiger partial charge in [-0.15, -0.1) is 10.2 Å². The molecule has 1 aliphatic rings. The van der Waals surface area contributed by atoms with Gasteiger partial charge in [-0.25, -0.2) is 0 Å². The van der Waals surface area contributed by atoms with Crippen LogP contribution in [0.1, 0.15) is 44.0 Å². The van der Waals surface area contributed by atoms with Gasteiger partial charge < -0.3 is 14.0 Å². The highest BCUT2D eigenvalue weighted by atomic mass is 16.5. The van der Waals surface area contributed by atoms with E-state index in [1.807, 2.05) is 37.6 Å². The molecule has 1 saturated heterocycles. The Morgan fingerprint density at radius 2 is 2.00 bits per heavy atom. The zero-order valence-corrected chi connectivity index (χ0v) is 15.6. The van der Waals surface area contributed by atoms with Crippen LogP contribution in [0.15, 0.2) is 24.5 Å². The number of hydrogen-bond donors (Lipinski definition) is 0. The molecule has 1 fully saturated rings. The molecule has 6 heteroatoms. The molecule has 2 heterocycles. The standard InChI is InChI=1S/C19H28N4O2/c1-14(2)25-18-16(6-5-7-17(18)24-4)12-23-10-8-15(9-11-23)19-21-20-13-22(19)3/h5-7,13-15H,8-12H2,1-4H3. The van der Waals surface area contributed by atoms with Crippen molar-refractivity contribution in [3.8, 4) is 11.5 Å². The van der Waals surface area contributed by atoms with Crippen molar-refractivity contribution in [3.05, 3.63) is 35.9 Å². The largest absolute Gasteiger partial charge is 0.493 e. The fraction of sp³-hybridized carbons (Fsp3) is 0.579. The number of benzene rings is 1. The van der Waals surface area contributed by atoms with Crippen molar-refractivity contribution >= 4 is 0 Å². The molecule has 25 heavy (non-hydrogen) atoms. The number of hydrogen-bond acceptors (Lipinski definition) is 5. The fourth-order valence-corrected chi connectivity index (χ4v) is 3.47. The van der Waals surface area contributed by atoms with Crippen LogP contribution in [0.5, 0.6) is 11.5 Å². The average molecular weight is 344 g/mol. The summed E-state index contributed by atoms with van der Waals surface area (Å²) in [4.78, 5) is 2.48. The average Bonchev–Trinajstić information content (AvgIpc) is 3.03. The highest BCUT2D eigenvalue weighted by Crippen LogP contribution is 2.34. The third kappa shape index (κ3) is 4.12. The first kappa shape index (κ1) is 17.7. The summed E-state index contributed by atoms with van der Waals surface area (Å²) in [6.45, 7) is 7.07. The Kier molecular flexibility index (Phi) is 5.58. The Bertz CT molecular complexity index is 690. The van der Waals surface area contributed by atoms with Crippen LogP contribution in [-0.4, -0.2) is 46.0 Å². The Morgan fingerprint density at radius 1 is 1.24 bits per heavy atom. The lowest BCUT2D eigenvalue weighted by Crippen LogP contribution is -2.33. The maximum Gasteiger partial charge on any atom is 0.166 e.